The van der Waals surface area contributed by atoms with Gasteiger partial charge in [0.15, 0.2) is 0 Å². The molecule has 0 aromatic carbocycles. The predicted molar refractivity (Wildman–Crippen MR) is 106 cm³/mol. The van der Waals surface area contributed by atoms with Gasteiger partial charge in [-0.2, -0.15) is 10.1 Å². The molecule has 3 rings (SSSR count). The van der Waals surface area contributed by atoms with Crippen LogP contribution in [0, 0.1) is 13.8 Å². The highest BCUT2D eigenvalue weighted by Gasteiger charge is 2.25. The molecule has 2 aromatic heterocycles. The van der Waals surface area contributed by atoms with Gasteiger partial charge >= 0.3 is 0 Å². The lowest BCUT2D eigenvalue weighted by Crippen LogP contribution is -2.36. The van der Waals surface area contributed by atoms with Crippen LogP contribution in [0.25, 0.3) is 0 Å². The van der Waals surface area contributed by atoms with Crippen LogP contribution in [0.15, 0.2) is 6.07 Å². The standard InChI is InChI=1S/C19H29N7O/c1-12-9-14(3)26(23-12)10-13(2)20-18-16-7-8-25(15(4)27)11-17(16)21-19(22-18)24(5)6/h9,13H,7-8,10-11H2,1-6H3,(H,20,21,22). The molecular weight excluding hydrogens is 342 g/mol. The van der Waals surface area contributed by atoms with E-state index in [0.717, 1.165) is 41.4 Å². The van der Waals surface area contributed by atoms with Crippen molar-refractivity contribution >= 4 is 17.7 Å². The van der Waals surface area contributed by atoms with E-state index >= 15 is 0 Å². The van der Waals surface area contributed by atoms with Crippen LogP contribution >= 0.6 is 0 Å². The molecule has 0 aliphatic carbocycles. The second-order valence-electron chi connectivity index (χ2n) is 7.54. The van der Waals surface area contributed by atoms with Gasteiger partial charge < -0.3 is 15.1 Å². The molecule has 8 heteroatoms. The molecule has 1 aliphatic rings. The lowest BCUT2D eigenvalue weighted by Gasteiger charge is -2.30. The van der Waals surface area contributed by atoms with Gasteiger partial charge in [-0.05, 0) is 33.3 Å². The average molecular weight is 371 g/mol. The molecule has 0 saturated heterocycles. The number of hydrogen-bond donors (Lipinski definition) is 1. The van der Waals surface area contributed by atoms with E-state index in [1.807, 2.05) is 35.5 Å². The number of hydrogen-bond acceptors (Lipinski definition) is 6. The fourth-order valence-corrected chi connectivity index (χ4v) is 3.40. The zero-order chi connectivity index (χ0) is 19.7. The summed E-state index contributed by atoms with van der Waals surface area (Å²) in [7, 11) is 3.85. The zero-order valence-corrected chi connectivity index (χ0v) is 17.1. The predicted octanol–water partition coefficient (Wildman–Crippen LogP) is 1.76. The Morgan fingerprint density at radius 1 is 1.33 bits per heavy atom. The monoisotopic (exact) mass is 371 g/mol. The first-order valence-electron chi connectivity index (χ1n) is 9.34. The third-order valence-electron chi connectivity index (χ3n) is 4.83. The number of carbonyl (C=O) groups excluding carboxylic acids is 1. The van der Waals surface area contributed by atoms with Gasteiger partial charge in [0.2, 0.25) is 11.9 Å². The minimum Gasteiger partial charge on any atom is -0.365 e. The lowest BCUT2D eigenvalue weighted by atomic mass is 10.0. The molecule has 1 amide bonds. The minimum atomic E-state index is 0.0815. The summed E-state index contributed by atoms with van der Waals surface area (Å²) in [6.07, 6.45) is 0.761. The van der Waals surface area contributed by atoms with Gasteiger partial charge in [-0.1, -0.05) is 0 Å². The summed E-state index contributed by atoms with van der Waals surface area (Å²) < 4.78 is 2.02. The second-order valence-corrected chi connectivity index (χ2v) is 7.54. The Labute approximate surface area is 160 Å². The van der Waals surface area contributed by atoms with Crippen LogP contribution in [-0.4, -0.2) is 57.2 Å². The molecule has 146 valence electrons. The quantitative estimate of drug-likeness (QED) is 0.863. The molecule has 1 N–H and O–H groups in total. The van der Waals surface area contributed by atoms with E-state index in [2.05, 4.69) is 35.3 Å². The van der Waals surface area contributed by atoms with Crippen molar-refractivity contribution in [3.8, 4) is 0 Å². The number of aryl methyl sites for hydroxylation is 2. The first-order chi connectivity index (χ1) is 12.7. The van der Waals surface area contributed by atoms with E-state index in [1.165, 1.54) is 0 Å². The fourth-order valence-electron chi connectivity index (χ4n) is 3.40. The van der Waals surface area contributed by atoms with Crippen LogP contribution in [0.1, 0.15) is 36.5 Å². The molecule has 2 aromatic rings. The number of fused-ring (bicyclic) bond motifs is 1. The van der Waals surface area contributed by atoms with Crippen molar-refractivity contribution < 1.29 is 4.79 Å². The zero-order valence-electron chi connectivity index (χ0n) is 17.1. The van der Waals surface area contributed by atoms with E-state index in [1.54, 1.807) is 6.92 Å². The van der Waals surface area contributed by atoms with Crippen LogP contribution in [0.5, 0.6) is 0 Å². The highest BCUT2D eigenvalue weighted by Crippen LogP contribution is 2.26. The van der Waals surface area contributed by atoms with Crippen molar-refractivity contribution in [1.29, 1.82) is 0 Å². The van der Waals surface area contributed by atoms with Gasteiger partial charge in [-0.25, -0.2) is 4.98 Å². The highest BCUT2D eigenvalue weighted by atomic mass is 16.2. The first kappa shape index (κ1) is 19.1. The normalized spacial score (nSPS) is 14.7. The third-order valence-corrected chi connectivity index (χ3v) is 4.83. The van der Waals surface area contributed by atoms with E-state index in [-0.39, 0.29) is 11.9 Å². The maximum atomic E-state index is 11.8. The van der Waals surface area contributed by atoms with Crippen molar-refractivity contribution in [2.45, 2.75) is 53.2 Å². The number of nitrogens with one attached hydrogen (secondary N) is 1. The average Bonchev–Trinajstić information content (AvgIpc) is 2.91. The summed E-state index contributed by atoms with van der Waals surface area (Å²) in [6.45, 7) is 9.81. The number of nitrogens with zero attached hydrogens (tertiary/aromatic N) is 6. The summed E-state index contributed by atoms with van der Waals surface area (Å²) in [4.78, 5) is 24.9. The Hall–Kier alpha value is -2.64. The Balaban J connectivity index is 1.85. The molecule has 0 bridgehead atoms. The summed E-state index contributed by atoms with van der Waals surface area (Å²) in [5.41, 5.74) is 4.21. The number of carbonyl (C=O) groups is 1. The maximum absolute atomic E-state index is 11.8. The summed E-state index contributed by atoms with van der Waals surface area (Å²) in [5, 5.41) is 8.10. The molecule has 8 nitrogen and oxygen atoms in total. The van der Waals surface area contributed by atoms with Crippen LogP contribution in [0.2, 0.25) is 0 Å². The molecule has 27 heavy (non-hydrogen) atoms. The molecule has 1 unspecified atom stereocenters. The maximum Gasteiger partial charge on any atom is 0.227 e. The SMILES string of the molecule is CC(=O)N1CCc2c(nc(N(C)C)nc2NC(C)Cn2nc(C)cc2C)C1. The summed E-state index contributed by atoms with van der Waals surface area (Å²) in [6, 6.07) is 2.24. The van der Waals surface area contributed by atoms with Gasteiger partial charge in [0.05, 0.1) is 24.5 Å². The van der Waals surface area contributed by atoms with Crippen LogP contribution in [-0.2, 0) is 24.3 Å². The number of anilines is 2. The number of aromatic nitrogens is 4. The van der Waals surface area contributed by atoms with E-state index < -0.39 is 0 Å². The van der Waals surface area contributed by atoms with Crippen molar-refractivity contribution in [1.82, 2.24) is 24.6 Å². The van der Waals surface area contributed by atoms with Crippen LogP contribution < -0.4 is 10.2 Å². The molecule has 0 spiro atoms. The molecule has 1 aliphatic heterocycles. The molecule has 0 fully saturated rings. The molecule has 1 atom stereocenters. The Kier molecular flexibility index (Phi) is 5.34. The van der Waals surface area contributed by atoms with Crippen molar-refractivity contribution in [2.24, 2.45) is 0 Å². The van der Waals surface area contributed by atoms with Crippen molar-refractivity contribution in [3.63, 3.8) is 0 Å². The van der Waals surface area contributed by atoms with E-state index in [4.69, 9.17) is 4.98 Å². The first-order valence-corrected chi connectivity index (χ1v) is 9.34. The Morgan fingerprint density at radius 3 is 2.67 bits per heavy atom. The molecule has 0 saturated carbocycles. The highest BCUT2D eigenvalue weighted by molar-refractivity contribution is 5.73. The topological polar surface area (TPSA) is 79.2 Å². The fraction of sp³-hybridized carbons (Fsp3) is 0.579. The van der Waals surface area contributed by atoms with Crippen molar-refractivity contribution in [3.05, 3.63) is 28.7 Å². The summed E-state index contributed by atoms with van der Waals surface area (Å²) in [5.74, 6) is 1.60. The summed E-state index contributed by atoms with van der Waals surface area (Å²) >= 11 is 0. The van der Waals surface area contributed by atoms with Gasteiger partial charge in [-0.15, -0.1) is 0 Å². The van der Waals surface area contributed by atoms with Gasteiger partial charge in [0, 0.05) is 44.9 Å². The van der Waals surface area contributed by atoms with Gasteiger partial charge in [0.25, 0.3) is 0 Å². The van der Waals surface area contributed by atoms with Crippen molar-refractivity contribution in [2.75, 3.05) is 30.9 Å². The molecule has 3 heterocycles. The van der Waals surface area contributed by atoms with E-state index in [0.29, 0.717) is 19.0 Å². The number of rotatable bonds is 5. The lowest BCUT2D eigenvalue weighted by molar-refractivity contribution is -0.129. The van der Waals surface area contributed by atoms with Gasteiger partial charge in [0.1, 0.15) is 5.82 Å². The molecule has 0 radical (unpaired) electrons. The minimum absolute atomic E-state index is 0.0815. The Morgan fingerprint density at radius 2 is 2.07 bits per heavy atom. The molecular formula is C19H29N7O. The Bertz CT molecular complexity index is 843. The van der Waals surface area contributed by atoms with Gasteiger partial charge in [-0.3, -0.25) is 9.48 Å². The van der Waals surface area contributed by atoms with E-state index in [9.17, 15) is 4.79 Å². The van der Waals surface area contributed by atoms with Crippen LogP contribution in [0.4, 0.5) is 11.8 Å². The second kappa shape index (κ2) is 7.54. The smallest absolute Gasteiger partial charge is 0.227 e. The largest absolute Gasteiger partial charge is 0.365 e. The third kappa shape index (κ3) is 4.20. The van der Waals surface area contributed by atoms with Crippen LogP contribution in [0.3, 0.4) is 0 Å². The number of amides is 1.